The number of aryl methyl sites for hydroxylation is 1. The zero-order valence-electron chi connectivity index (χ0n) is 17.8. The van der Waals surface area contributed by atoms with Crippen molar-refractivity contribution in [3.63, 3.8) is 0 Å². The van der Waals surface area contributed by atoms with Crippen LogP contribution in [-0.2, 0) is 17.5 Å². The molecule has 0 spiro atoms. The lowest BCUT2D eigenvalue weighted by Gasteiger charge is -2.36. The Morgan fingerprint density at radius 2 is 1.91 bits per heavy atom. The van der Waals surface area contributed by atoms with Crippen molar-refractivity contribution in [3.05, 3.63) is 74.0 Å². The van der Waals surface area contributed by atoms with Crippen molar-refractivity contribution in [3.8, 4) is 0 Å². The third-order valence-corrected chi connectivity index (χ3v) is 6.10. The monoisotopic (exact) mass is 469 g/mol. The van der Waals surface area contributed by atoms with Crippen LogP contribution in [0.25, 0.3) is 10.8 Å². The van der Waals surface area contributed by atoms with Crippen molar-refractivity contribution in [1.82, 2.24) is 14.9 Å². The molecule has 0 bridgehead atoms. The van der Waals surface area contributed by atoms with Crippen molar-refractivity contribution in [2.24, 2.45) is 0 Å². The first-order chi connectivity index (χ1) is 15.4. The van der Waals surface area contributed by atoms with Crippen LogP contribution >= 0.6 is 0 Å². The van der Waals surface area contributed by atoms with Crippen LogP contribution in [0.5, 0.6) is 0 Å². The van der Waals surface area contributed by atoms with Crippen LogP contribution in [0.1, 0.15) is 45.9 Å². The van der Waals surface area contributed by atoms with Crippen molar-refractivity contribution in [2.75, 3.05) is 13.7 Å². The summed E-state index contributed by atoms with van der Waals surface area (Å²) in [5.41, 5.74) is -0.423. The predicted octanol–water partition coefficient (Wildman–Crippen LogP) is 4.03. The van der Waals surface area contributed by atoms with Crippen LogP contribution in [0.3, 0.4) is 0 Å². The first-order valence-electron chi connectivity index (χ1n) is 9.96. The minimum absolute atomic E-state index is 0.0636. The van der Waals surface area contributed by atoms with Gasteiger partial charge in [-0.3, -0.25) is 9.69 Å². The molecule has 2 N–H and O–H groups in total. The largest absolute Gasteiger partial charge is 0.436 e. The second-order valence-corrected chi connectivity index (χ2v) is 8.04. The van der Waals surface area contributed by atoms with Gasteiger partial charge in [0.25, 0.3) is 5.56 Å². The van der Waals surface area contributed by atoms with E-state index in [1.54, 1.807) is 13.8 Å². The number of aromatic nitrogens is 2. The van der Waals surface area contributed by atoms with E-state index < -0.39 is 41.3 Å². The predicted molar refractivity (Wildman–Crippen MR) is 108 cm³/mol. The summed E-state index contributed by atoms with van der Waals surface area (Å²) in [7, 11) is 1.48. The van der Waals surface area contributed by atoms with Gasteiger partial charge in [-0.2, -0.15) is 13.2 Å². The van der Waals surface area contributed by atoms with E-state index >= 15 is 0 Å². The van der Waals surface area contributed by atoms with Gasteiger partial charge >= 0.3 is 6.18 Å². The second kappa shape index (κ2) is 8.15. The van der Waals surface area contributed by atoms with E-state index in [0.717, 1.165) is 12.3 Å². The van der Waals surface area contributed by atoms with E-state index in [0.29, 0.717) is 33.8 Å². The SMILES string of the molecule is Cc1c(F)cc2c(=O)[nH]c3c(c2c1C)C(N(C)C(O)c1cnc(C(F)(F)F)c(F)c1)COC3. The molecule has 0 saturated heterocycles. The Morgan fingerprint density at radius 3 is 2.55 bits per heavy atom. The second-order valence-electron chi connectivity index (χ2n) is 8.04. The fraction of sp³-hybridized carbons (Fsp3) is 0.364. The zero-order valence-corrected chi connectivity index (χ0v) is 17.8. The lowest BCUT2D eigenvalue weighted by Crippen LogP contribution is -2.36. The molecule has 0 aliphatic carbocycles. The van der Waals surface area contributed by atoms with E-state index in [-0.39, 0.29) is 24.2 Å². The zero-order chi connectivity index (χ0) is 24.2. The number of aromatic amines is 1. The Morgan fingerprint density at radius 1 is 1.21 bits per heavy atom. The average molecular weight is 469 g/mol. The van der Waals surface area contributed by atoms with Crippen LogP contribution in [0.2, 0.25) is 0 Å². The van der Waals surface area contributed by atoms with Crippen LogP contribution in [0.15, 0.2) is 23.1 Å². The van der Waals surface area contributed by atoms with Crippen LogP contribution in [0, 0.1) is 25.5 Å². The van der Waals surface area contributed by atoms with Crippen LogP contribution in [0.4, 0.5) is 22.0 Å². The number of pyridine rings is 2. The fourth-order valence-corrected chi connectivity index (χ4v) is 4.19. The molecule has 3 heterocycles. The van der Waals surface area contributed by atoms with Gasteiger partial charge in [-0.15, -0.1) is 0 Å². The fourth-order valence-electron chi connectivity index (χ4n) is 4.19. The van der Waals surface area contributed by atoms with Gasteiger partial charge in [-0.1, -0.05) is 0 Å². The highest BCUT2D eigenvalue weighted by atomic mass is 19.4. The quantitative estimate of drug-likeness (QED) is 0.448. The molecule has 4 rings (SSSR count). The number of alkyl halides is 3. The summed E-state index contributed by atoms with van der Waals surface area (Å²) in [5.74, 6) is -2.14. The smallest absolute Gasteiger partial charge is 0.374 e. The molecule has 176 valence electrons. The lowest BCUT2D eigenvalue weighted by molar-refractivity contribution is -0.143. The van der Waals surface area contributed by atoms with Crippen LogP contribution in [-0.4, -0.2) is 33.6 Å². The van der Waals surface area contributed by atoms with Gasteiger partial charge in [0.05, 0.1) is 24.6 Å². The summed E-state index contributed by atoms with van der Waals surface area (Å²) < 4.78 is 72.4. The molecule has 11 heteroatoms. The molecule has 33 heavy (non-hydrogen) atoms. The Balaban J connectivity index is 1.82. The topological polar surface area (TPSA) is 78.5 Å². The van der Waals surface area contributed by atoms with Gasteiger partial charge in [0, 0.05) is 23.0 Å². The molecule has 1 aromatic carbocycles. The summed E-state index contributed by atoms with van der Waals surface area (Å²) in [6.07, 6.45) is -5.75. The minimum atomic E-state index is -4.97. The Labute approximate surface area is 184 Å². The molecule has 2 atom stereocenters. The van der Waals surface area contributed by atoms with Gasteiger partial charge in [0.15, 0.2) is 11.5 Å². The molecule has 1 aliphatic heterocycles. The molecular weight excluding hydrogens is 449 g/mol. The number of nitrogens with zero attached hydrogens (tertiary/aromatic N) is 2. The van der Waals surface area contributed by atoms with Crippen molar-refractivity contribution >= 4 is 10.8 Å². The first kappa shape index (κ1) is 23.3. The van der Waals surface area contributed by atoms with Gasteiger partial charge in [0.2, 0.25) is 0 Å². The number of rotatable bonds is 3. The number of benzene rings is 1. The highest BCUT2D eigenvalue weighted by molar-refractivity contribution is 5.90. The molecule has 2 aromatic heterocycles. The lowest BCUT2D eigenvalue weighted by atomic mass is 9.90. The summed E-state index contributed by atoms with van der Waals surface area (Å²) in [6, 6.07) is 1.05. The normalized spacial score (nSPS) is 17.5. The maximum Gasteiger partial charge on any atom is 0.436 e. The summed E-state index contributed by atoms with van der Waals surface area (Å²) in [5, 5.41) is 11.5. The van der Waals surface area contributed by atoms with E-state index in [1.807, 2.05) is 0 Å². The highest BCUT2D eigenvalue weighted by Gasteiger charge is 2.37. The maximum atomic E-state index is 14.3. The molecule has 0 saturated carbocycles. The Hall–Kier alpha value is -2.89. The Kier molecular flexibility index (Phi) is 5.75. The number of halogens is 5. The summed E-state index contributed by atoms with van der Waals surface area (Å²) >= 11 is 0. The number of ether oxygens (including phenoxy) is 1. The number of likely N-dealkylation sites (N-methyl/N-ethyl adjacent to an activating group) is 1. The third kappa shape index (κ3) is 3.90. The number of nitrogens with one attached hydrogen (secondary N) is 1. The molecule has 2 unspecified atom stereocenters. The van der Waals surface area contributed by atoms with Gasteiger partial charge < -0.3 is 14.8 Å². The molecule has 0 fully saturated rings. The van der Waals surface area contributed by atoms with Gasteiger partial charge in [0.1, 0.15) is 12.0 Å². The number of aliphatic hydroxyl groups excluding tert-OH is 1. The van der Waals surface area contributed by atoms with E-state index in [1.165, 1.54) is 11.9 Å². The van der Waals surface area contributed by atoms with Gasteiger partial charge in [-0.05, 0) is 49.5 Å². The summed E-state index contributed by atoms with van der Waals surface area (Å²) in [4.78, 5) is 19.8. The van der Waals surface area contributed by atoms with E-state index in [4.69, 9.17) is 4.74 Å². The number of fused-ring (bicyclic) bond motifs is 3. The minimum Gasteiger partial charge on any atom is -0.374 e. The summed E-state index contributed by atoms with van der Waals surface area (Å²) in [6.45, 7) is 3.40. The van der Waals surface area contributed by atoms with E-state index in [9.17, 15) is 31.9 Å². The van der Waals surface area contributed by atoms with Crippen molar-refractivity contribution < 1.29 is 31.8 Å². The molecular formula is C22H20F5N3O3. The highest BCUT2D eigenvalue weighted by Crippen LogP contribution is 2.39. The Bertz CT molecular complexity index is 1310. The third-order valence-electron chi connectivity index (χ3n) is 6.10. The molecule has 6 nitrogen and oxygen atoms in total. The maximum absolute atomic E-state index is 14.3. The van der Waals surface area contributed by atoms with Gasteiger partial charge in [-0.25, -0.2) is 13.8 Å². The first-order valence-corrected chi connectivity index (χ1v) is 9.96. The molecule has 3 aromatic rings. The standard InChI is InChI=1S/C22H20F5N3O3/c1-9-10(2)17-12(5-13(9)23)20(31)29-15-7-33-8-16(18(15)17)30(3)21(32)11-4-14(24)19(28-6-11)22(25,26)27/h4-6,16,21,32H,7-8H2,1-3H3,(H,29,31). The molecule has 0 radical (unpaired) electrons. The number of H-pyrrole nitrogens is 1. The molecule has 1 aliphatic rings. The number of hydrogen-bond acceptors (Lipinski definition) is 5. The average Bonchev–Trinajstić information content (AvgIpc) is 2.75. The van der Waals surface area contributed by atoms with Crippen LogP contribution < -0.4 is 5.56 Å². The molecule has 0 amide bonds. The van der Waals surface area contributed by atoms with E-state index in [2.05, 4.69) is 9.97 Å². The number of hydrogen-bond donors (Lipinski definition) is 2. The van der Waals surface area contributed by atoms with Crippen molar-refractivity contribution in [2.45, 2.75) is 38.9 Å². The van der Waals surface area contributed by atoms with Crippen molar-refractivity contribution in [1.29, 1.82) is 0 Å². The number of aliphatic hydroxyl groups is 1.